The molecule has 0 fully saturated rings. The number of halogens is 1. The monoisotopic (exact) mass is 241 g/mol. The molecule has 1 N–H and O–H groups in total. The number of hydrogen-bond acceptors (Lipinski definition) is 2. The highest BCUT2D eigenvalue weighted by Gasteiger charge is 2.08. The molecule has 1 aromatic carbocycles. The van der Waals surface area contributed by atoms with Gasteiger partial charge in [-0.25, -0.2) is 0 Å². The fourth-order valence-corrected chi connectivity index (χ4v) is 1.94. The van der Waals surface area contributed by atoms with Gasteiger partial charge in [-0.15, -0.1) is 0 Å². The lowest BCUT2D eigenvalue weighted by atomic mass is 10.1. The van der Waals surface area contributed by atoms with Crippen LogP contribution < -0.4 is 4.90 Å². The van der Waals surface area contributed by atoms with E-state index in [0.717, 1.165) is 24.2 Å². The molecule has 0 spiro atoms. The zero-order valence-electron chi connectivity index (χ0n) is 10.2. The fraction of sp³-hybridized carbons (Fsp3) is 0.538. The Hall–Kier alpha value is -0.730. The van der Waals surface area contributed by atoms with Crippen LogP contribution >= 0.6 is 11.6 Å². The SMILES string of the molecule is CCCCN(C)c1ccc(C(C)O)cc1Cl. The normalized spacial score (nSPS) is 12.6. The molecule has 0 aromatic heterocycles. The van der Waals surface area contributed by atoms with Gasteiger partial charge in [0, 0.05) is 13.6 Å². The Labute approximate surface area is 103 Å². The highest BCUT2D eigenvalue weighted by Crippen LogP contribution is 2.28. The average molecular weight is 242 g/mol. The van der Waals surface area contributed by atoms with Gasteiger partial charge in [0.05, 0.1) is 16.8 Å². The maximum Gasteiger partial charge on any atom is 0.0762 e. The van der Waals surface area contributed by atoms with Gasteiger partial charge in [0.1, 0.15) is 0 Å². The van der Waals surface area contributed by atoms with Crippen LogP contribution in [0.25, 0.3) is 0 Å². The van der Waals surface area contributed by atoms with Gasteiger partial charge in [-0.05, 0) is 31.0 Å². The highest BCUT2D eigenvalue weighted by molar-refractivity contribution is 6.33. The van der Waals surface area contributed by atoms with E-state index in [0.29, 0.717) is 5.02 Å². The molecule has 1 rings (SSSR count). The topological polar surface area (TPSA) is 23.5 Å². The molecule has 0 amide bonds. The van der Waals surface area contributed by atoms with E-state index in [9.17, 15) is 5.11 Å². The summed E-state index contributed by atoms with van der Waals surface area (Å²) in [6.07, 6.45) is 1.87. The standard InChI is InChI=1S/C13H20ClNO/c1-4-5-8-15(3)13-7-6-11(10(2)16)9-12(13)14/h6-7,9-10,16H,4-5,8H2,1-3H3. The Morgan fingerprint density at radius 1 is 1.44 bits per heavy atom. The molecule has 1 unspecified atom stereocenters. The Morgan fingerprint density at radius 2 is 2.12 bits per heavy atom. The first-order valence-electron chi connectivity index (χ1n) is 5.75. The third-order valence-corrected chi connectivity index (χ3v) is 3.02. The molecule has 0 aliphatic rings. The van der Waals surface area contributed by atoms with Crippen molar-refractivity contribution in [1.82, 2.24) is 0 Å². The van der Waals surface area contributed by atoms with Crippen molar-refractivity contribution in [1.29, 1.82) is 0 Å². The largest absolute Gasteiger partial charge is 0.389 e. The number of nitrogens with zero attached hydrogens (tertiary/aromatic N) is 1. The van der Waals surface area contributed by atoms with Crippen LogP contribution in [0.1, 0.15) is 38.4 Å². The Morgan fingerprint density at radius 3 is 2.62 bits per heavy atom. The molecule has 0 aliphatic heterocycles. The lowest BCUT2D eigenvalue weighted by molar-refractivity contribution is 0.199. The first-order valence-corrected chi connectivity index (χ1v) is 6.12. The molecule has 16 heavy (non-hydrogen) atoms. The van der Waals surface area contributed by atoms with Crippen molar-refractivity contribution in [3.8, 4) is 0 Å². The highest BCUT2D eigenvalue weighted by atomic mass is 35.5. The summed E-state index contributed by atoms with van der Waals surface area (Å²) in [4.78, 5) is 2.15. The molecule has 0 aliphatic carbocycles. The fourth-order valence-electron chi connectivity index (χ4n) is 1.61. The van der Waals surface area contributed by atoms with Crippen LogP contribution in [-0.2, 0) is 0 Å². The van der Waals surface area contributed by atoms with Gasteiger partial charge in [-0.3, -0.25) is 0 Å². The molecule has 1 atom stereocenters. The summed E-state index contributed by atoms with van der Waals surface area (Å²) in [5.74, 6) is 0. The van der Waals surface area contributed by atoms with Crippen LogP contribution in [0.3, 0.4) is 0 Å². The predicted molar refractivity (Wildman–Crippen MR) is 70.3 cm³/mol. The number of aliphatic hydroxyl groups excluding tert-OH is 1. The first kappa shape index (κ1) is 13.3. The van der Waals surface area contributed by atoms with Crippen molar-refractivity contribution >= 4 is 17.3 Å². The number of unbranched alkanes of at least 4 members (excludes halogenated alkanes) is 1. The van der Waals surface area contributed by atoms with Gasteiger partial charge in [0.15, 0.2) is 0 Å². The van der Waals surface area contributed by atoms with Gasteiger partial charge in [0.2, 0.25) is 0 Å². The minimum Gasteiger partial charge on any atom is -0.389 e. The summed E-state index contributed by atoms with van der Waals surface area (Å²) >= 11 is 6.19. The molecular weight excluding hydrogens is 222 g/mol. The Bertz CT molecular complexity index is 339. The zero-order chi connectivity index (χ0) is 12.1. The van der Waals surface area contributed by atoms with Gasteiger partial charge < -0.3 is 10.0 Å². The third kappa shape index (κ3) is 3.39. The van der Waals surface area contributed by atoms with E-state index in [2.05, 4.69) is 11.8 Å². The molecule has 0 saturated carbocycles. The predicted octanol–water partition coefficient (Wildman–Crippen LogP) is 3.63. The van der Waals surface area contributed by atoms with Crippen LogP contribution in [0.4, 0.5) is 5.69 Å². The van der Waals surface area contributed by atoms with Crippen LogP contribution in [-0.4, -0.2) is 18.7 Å². The summed E-state index contributed by atoms with van der Waals surface area (Å²) in [7, 11) is 2.04. The molecule has 0 heterocycles. The minimum atomic E-state index is -0.465. The van der Waals surface area contributed by atoms with E-state index in [1.165, 1.54) is 6.42 Å². The molecule has 0 saturated heterocycles. The van der Waals surface area contributed by atoms with Crippen molar-refractivity contribution in [2.24, 2.45) is 0 Å². The second kappa shape index (κ2) is 6.12. The Kier molecular flexibility index (Phi) is 5.10. The quantitative estimate of drug-likeness (QED) is 0.851. The molecule has 2 nitrogen and oxygen atoms in total. The number of benzene rings is 1. The van der Waals surface area contributed by atoms with E-state index >= 15 is 0 Å². The zero-order valence-corrected chi connectivity index (χ0v) is 11.0. The molecule has 90 valence electrons. The first-order chi connectivity index (χ1) is 7.56. The van der Waals surface area contributed by atoms with Crippen molar-refractivity contribution in [3.63, 3.8) is 0 Å². The van der Waals surface area contributed by atoms with E-state index < -0.39 is 6.10 Å². The van der Waals surface area contributed by atoms with Crippen molar-refractivity contribution in [2.75, 3.05) is 18.5 Å². The molecule has 0 radical (unpaired) electrons. The van der Waals surface area contributed by atoms with Crippen LogP contribution in [0.5, 0.6) is 0 Å². The average Bonchev–Trinajstić information content (AvgIpc) is 2.25. The summed E-state index contributed by atoms with van der Waals surface area (Å²) in [5.41, 5.74) is 1.89. The van der Waals surface area contributed by atoms with E-state index in [4.69, 9.17) is 11.6 Å². The van der Waals surface area contributed by atoms with Crippen LogP contribution in [0, 0.1) is 0 Å². The third-order valence-electron chi connectivity index (χ3n) is 2.71. The van der Waals surface area contributed by atoms with E-state index in [-0.39, 0.29) is 0 Å². The minimum absolute atomic E-state index is 0.465. The maximum absolute atomic E-state index is 9.45. The number of aliphatic hydroxyl groups is 1. The molecule has 3 heteroatoms. The maximum atomic E-state index is 9.45. The lowest BCUT2D eigenvalue weighted by Gasteiger charge is -2.21. The van der Waals surface area contributed by atoms with E-state index in [1.54, 1.807) is 6.92 Å². The molecule has 1 aromatic rings. The summed E-state index contributed by atoms with van der Waals surface area (Å²) < 4.78 is 0. The van der Waals surface area contributed by atoms with Crippen molar-refractivity contribution in [2.45, 2.75) is 32.8 Å². The van der Waals surface area contributed by atoms with Gasteiger partial charge >= 0.3 is 0 Å². The number of anilines is 1. The Balaban J connectivity index is 2.81. The second-order valence-corrected chi connectivity index (χ2v) is 4.57. The summed E-state index contributed by atoms with van der Waals surface area (Å²) in [5, 5.41) is 10.2. The van der Waals surface area contributed by atoms with Gasteiger partial charge in [0.25, 0.3) is 0 Å². The van der Waals surface area contributed by atoms with Crippen LogP contribution in [0.2, 0.25) is 5.02 Å². The van der Waals surface area contributed by atoms with Gasteiger partial charge in [-0.1, -0.05) is 31.0 Å². The van der Waals surface area contributed by atoms with Crippen LogP contribution in [0.15, 0.2) is 18.2 Å². The molecular formula is C13H20ClNO. The summed E-state index contributed by atoms with van der Waals surface area (Å²) in [6, 6.07) is 5.73. The van der Waals surface area contributed by atoms with Crippen molar-refractivity contribution in [3.05, 3.63) is 28.8 Å². The molecule has 0 bridgehead atoms. The van der Waals surface area contributed by atoms with E-state index in [1.807, 2.05) is 25.2 Å². The number of rotatable bonds is 5. The lowest BCUT2D eigenvalue weighted by Crippen LogP contribution is -2.18. The summed E-state index contributed by atoms with van der Waals surface area (Å²) in [6.45, 7) is 4.92. The van der Waals surface area contributed by atoms with Gasteiger partial charge in [-0.2, -0.15) is 0 Å². The smallest absolute Gasteiger partial charge is 0.0762 e. The van der Waals surface area contributed by atoms with Crippen molar-refractivity contribution < 1.29 is 5.11 Å². The second-order valence-electron chi connectivity index (χ2n) is 4.16. The number of hydrogen-bond donors (Lipinski definition) is 1.